The highest BCUT2D eigenvalue weighted by Gasteiger charge is 2.42. The van der Waals surface area contributed by atoms with Gasteiger partial charge in [-0.05, 0) is 130 Å². The minimum absolute atomic E-state index is 0.610. The van der Waals surface area contributed by atoms with Crippen molar-refractivity contribution in [1.29, 1.82) is 0 Å². The molecule has 5 rings (SSSR count). The van der Waals surface area contributed by atoms with Gasteiger partial charge >= 0.3 is 0 Å². The average molecular weight is 839 g/mol. The first-order valence-electron chi connectivity index (χ1n) is 22.3. The van der Waals surface area contributed by atoms with Crippen molar-refractivity contribution < 1.29 is 0 Å². The second-order valence-corrected chi connectivity index (χ2v) is 29.3. The van der Waals surface area contributed by atoms with Gasteiger partial charge in [-0.1, -0.05) is 167 Å². The zero-order chi connectivity index (χ0) is 44.9. The molecular weight excluding hydrogens is 777 g/mol. The van der Waals surface area contributed by atoms with E-state index in [1.807, 2.05) is 72.8 Å². The van der Waals surface area contributed by atoms with Crippen LogP contribution in [0.2, 0.25) is 33.2 Å². The fourth-order valence-electron chi connectivity index (χ4n) is 9.12. The molecule has 0 fully saturated rings. The molecule has 0 heterocycles. The summed E-state index contributed by atoms with van der Waals surface area (Å²) in [6.45, 7) is 28.2. The maximum Gasteiger partial charge on any atom is 0.146 e. The standard InChI is InChI=1S/C60H62Si2/c1-45(2)61(46(3)4,47(5)6)41-39-53-27-23-51(24-28-53)31-33-55-17-15-19-57(43-55)35-37-59-21-13-14-22-60(59)38-36-58-20-16-18-56(44-58)34-32-52-25-29-54(30-26-52)40-42-62(48(7)8,49(9)10)50(11)12/h13-30,43-50H,1-12H3. The van der Waals surface area contributed by atoms with Crippen molar-refractivity contribution >= 4 is 16.1 Å². The van der Waals surface area contributed by atoms with Gasteiger partial charge in [0.2, 0.25) is 0 Å². The largest absolute Gasteiger partial charge is 0.146 e. The molecule has 0 spiro atoms. The van der Waals surface area contributed by atoms with Crippen LogP contribution in [0.5, 0.6) is 0 Å². The normalized spacial score (nSPS) is 11.0. The average Bonchev–Trinajstić information content (AvgIpc) is 3.24. The maximum absolute atomic E-state index is 3.82. The van der Waals surface area contributed by atoms with Crippen LogP contribution in [0.1, 0.15) is 139 Å². The summed E-state index contributed by atoms with van der Waals surface area (Å²) in [5, 5.41) is 0. The Bertz CT molecular complexity index is 2490. The topological polar surface area (TPSA) is 0 Å². The van der Waals surface area contributed by atoms with Crippen LogP contribution >= 0.6 is 0 Å². The van der Waals surface area contributed by atoms with Crippen LogP contribution in [-0.4, -0.2) is 16.1 Å². The van der Waals surface area contributed by atoms with Crippen molar-refractivity contribution in [2.75, 3.05) is 0 Å². The fraction of sp³-hybridized carbons (Fsp3) is 0.300. The zero-order valence-corrected chi connectivity index (χ0v) is 41.0. The van der Waals surface area contributed by atoms with Gasteiger partial charge in [-0.2, -0.15) is 0 Å². The first-order chi connectivity index (χ1) is 29.6. The monoisotopic (exact) mass is 838 g/mol. The van der Waals surface area contributed by atoms with Crippen molar-refractivity contribution in [3.63, 3.8) is 0 Å². The summed E-state index contributed by atoms with van der Waals surface area (Å²) in [7, 11) is -3.55. The van der Waals surface area contributed by atoms with Crippen LogP contribution in [0.15, 0.2) is 121 Å². The van der Waals surface area contributed by atoms with Crippen LogP contribution in [0.4, 0.5) is 0 Å². The molecule has 0 aliphatic carbocycles. The number of hydrogen-bond acceptors (Lipinski definition) is 0. The highest BCUT2D eigenvalue weighted by molar-refractivity contribution is 6.91. The highest BCUT2D eigenvalue weighted by atomic mass is 28.3. The Balaban J connectivity index is 1.27. The Morgan fingerprint density at radius 2 is 0.500 bits per heavy atom. The lowest BCUT2D eigenvalue weighted by atomic mass is 10.1. The van der Waals surface area contributed by atoms with Crippen LogP contribution in [0.3, 0.4) is 0 Å². The van der Waals surface area contributed by atoms with Crippen molar-refractivity contribution in [3.05, 3.63) is 177 Å². The zero-order valence-electron chi connectivity index (χ0n) is 39.0. The van der Waals surface area contributed by atoms with Gasteiger partial charge in [0.25, 0.3) is 0 Å². The number of hydrogen-bond donors (Lipinski definition) is 0. The summed E-state index contributed by atoms with van der Waals surface area (Å²) in [4.78, 5) is 0. The molecule has 0 aromatic heterocycles. The molecule has 0 atom stereocenters. The minimum Gasteiger partial charge on any atom is -0.125 e. The van der Waals surface area contributed by atoms with E-state index in [2.05, 4.69) is 202 Å². The molecule has 0 saturated carbocycles. The first kappa shape index (κ1) is 47.0. The minimum atomic E-state index is -1.78. The Morgan fingerprint density at radius 1 is 0.258 bits per heavy atom. The van der Waals surface area contributed by atoms with Crippen molar-refractivity contribution in [2.45, 2.75) is 116 Å². The van der Waals surface area contributed by atoms with E-state index in [4.69, 9.17) is 0 Å². The van der Waals surface area contributed by atoms with E-state index in [1.165, 1.54) is 0 Å². The van der Waals surface area contributed by atoms with E-state index in [-0.39, 0.29) is 0 Å². The summed E-state index contributed by atoms with van der Waals surface area (Å²) >= 11 is 0. The lowest BCUT2D eigenvalue weighted by Crippen LogP contribution is -2.43. The van der Waals surface area contributed by atoms with Crippen LogP contribution in [0.25, 0.3) is 0 Å². The molecule has 62 heavy (non-hydrogen) atoms. The molecule has 0 aliphatic heterocycles. The summed E-state index contributed by atoms with van der Waals surface area (Å²) in [5.41, 5.74) is 20.7. The molecule has 0 N–H and O–H groups in total. The van der Waals surface area contributed by atoms with Crippen molar-refractivity contribution in [3.8, 4) is 70.3 Å². The molecule has 5 aromatic carbocycles. The van der Waals surface area contributed by atoms with Gasteiger partial charge in [0.15, 0.2) is 0 Å². The summed E-state index contributed by atoms with van der Waals surface area (Å²) in [6.07, 6.45) is 0. The third kappa shape index (κ3) is 11.8. The summed E-state index contributed by atoms with van der Waals surface area (Å²) in [6, 6.07) is 40.9. The maximum atomic E-state index is 3.82. The van der Waals surface area contributed by atoms with Crippen LogP contribution < -0.4 is 0 Å². The van der Waals surface area contributed by atoms with E-state index in [0.29, 0.717) is 33.2 Å². The van der Waals surface area contributed by atoms with Gasteiger partial charge in [-0.25, -0.2) is 0 Å². The molecule has 0 saturated heterocycles. The SMILES string of the molecule is CC(C)[Si](C#Cc1ccc(C#Cc2cccc(C#Cc3ccccc3C#Cc3cccc(C#Cc4ccc(C#C[Si](C(C)C)(C(C)C)C(C)C)cc4)c3)c2)cc1)(C(C)C)C(C)C. The third-order valence-electron chi connectivity index (χ3n) is 12.4. The molecule has 310 valence electrons. The molecule has 0 radical (unpaired) electrons. The summed E-state index contributed by atoms with van der Waals surface area (Å²) < 4.78 is 0. The predicted octanol–water partition coefficient (Wildman–Crippen LogP) is 14.4. The van der Waals surface area contributed by atoms with E-state index < -0.39 is 16.1 Å². The van der Waals surface area contributed by atoms with Crippen molar-refractivity contribution in [1.82, 2.24) is 0 Å². The van der Waals surface area contributed by atoms with Crippen molar-refractivity contribution in [2.24, 2.45) is 0 Å². The third-order valence-corrected chi connectivity index (χ3v) is 25.0. The van der Waals surface area contributed by atoms with Crippen LogP contribution in [0, 0.1) is 70.3 Å². The Morgan fingerprint density at radius 3 is 0.774 bits per heavy atom. The molecule has 0 bridgehead atoms. The Hall–Kier alpha value is -6.11. The molecular formula is C60H62Si2. The first-order valence-corrected chi connectivity index (χ1v) is 26.7. The van der Waals surface area contributed by atoms with E-state index >= 15 is 0 Å². The van der Waals surface area contributed by atoms with Gasteiger partial charge in [0.05, 0.1) is 0 Å². The molecule has 5 aromatic rings. The molecule has 0 aliphatic rings. The predicted molar refractivity (Wildman–Crippen MR) is 272 cm³/mol. The van der Waals surface area contributed by atoms with Gasteiger partial charge in [0.1, 0.15) is 16.1 Å². The van der Waals surface area contributed by atoms with Gasteiger partial charge in [0, 0.05) is 55.6 Å². The lowest BCUT2D eigenvalue weighted by Gasteiger charge is -2.38. The molecule has 0 unspecified atom stereocenters. The number of benzene rings is 5. The Kier molecular flexibility index (Phi) is 16.4. The highest BCUT2D eigenvalue weighted by Crippen LogP contribution is 2.42. The van der Waals surface area contributed by atoms with E-state index in [1.54, 1.807) is 0 Å². The molecule has 0 nitrogen and oxygen atoms in total. The fourth-order valence-corrected chi connectivity index (χ4v) is 19.6. The number of rotatable bonds is 6. The quantitative estimate of drug-likeness (QED) is 0.118. The molecule has 2 heteroatoms. The van der Waals surface area contributed by atoms with Gasteiger partial charge < -0.3 is 0 Å². The van der Waals surface area contributed by atoms with Crippen LogP contribution in [-0.2, 0) is 0 Å². The van der Waals surface area contributed by atoms with Gasteiger partial charge in [-0.15, -0.1) is 11.1 Å². The van der Waals surface area contributed by atoms with E-state index in [9.17, 15) is 0 Å². The lowest BCUT2D eigenvalue weighted by molar-refractivity contribution is 0.838. The van der Waals surface area contributed by atoms with E-state index in [0.717, 1.165) is 55.6 Å². The second-order valence-electron chi connectivity index (χ2n) is 18.2. The summed E-state index contributed by atoms with van der Waals surface area (Å²) in [5.74, 6) is 33.8. The molecule has 0 amide bonds. The smallest absolute Gasteiger partial charge is 0.125 e. The Labute approximate surface area is 377 Å². The van der Waals surface area contributed by atoms with Gasteiger partial charge in [-0.3, -0.25) is 0 Å². The second kappa shape index (κ2) is 21.6.